The fraction of sp³-hybridized carbons (Fsp3) is 0.188. The predicted molar refractivity (Wildman–Crippen MR) is 161 cm³/mol. The summed E-state index contributed by atoms with van der Waals surface area (Å²) in [5.74, 6) is -0.366. The Morgan fingerprint density at radius 3 is 2.41 bits per heavy atom. The number of ether oxygens (including phenoxy) is 2. The van der Waals surface area contributed by atoms with Crippen LogP contribution in [0.3, 0.4) is 0 Å². The van der Waals surface area contributed by atoms with Crippen molar-refractivity contribution < 1.29 is 24.5 Å². The van der Waals surface area contributed by atoms with Crippen LogP contribution in [0.15, 0.2) is 89.4 Å². The van der Waals surface area contributed by atoms with Gasteiger partial charge in [0.1, 0.15) is 30.8 Å². The number of carbonyl (C=O) groups is 1. The van der Waals surface area contributed by atoms with Gasteiger partial charge in [-0.25, -0.2) is 0 Å². The van der Waals surface area contributed by atoms with Crippen molar-refractivity contribution in [1.82, 2.24) is 5.32 Å². The smallest absolute Gasteiger partial charge is 0.323 e. The van der Waals surface area contributed by atoms with Gasteiger partial charge in [-0.3, -0.25) is 10.1 Å². The number of aliphatic carboxylic acids is 1. The number of halogens is 2. The van der Waals surface area contributed by atoms with E-state index in [0.29, 0.717) is 27.6 Å². The largest absolute Gasteiger partial charge is 0.488 e. The summed E-state index contributed by atoms with van der Waals surface area (Å²) in [4.78, 5) is 11.6. The van der Waals surface area contributed by atoms with Crippen molar-refractivity contribution in [2.24, 2.45) is 0 Å². The molecule has 0 saturated heterocycles. The van der Waals surface area contributed by atoms with Crippen LogP contribution in [-0.2, 0) is 24.6 Å². The van der Waals surface area contributed by atoms with E-state index in [9.17, 15) is 20.3 Å². The second-order valence-electron chi connectivity index (χ2n) is 9.36. The molecule has 0 aliphatic heterocycles. The van der Waals surface area contributed by atoms with E-state index >= 15 is 0 Å². The van der Waals surface area contributed by atoms with Crippen LogP contribution in [0, 0.1) is 11.3 Å². The Kier molecular flexibility index (Phi) is 10.4. The minimum absolute atomic E-state index is 0.0695. The van der Waals surface area contributed by atoms with Crippen molar-refractivity contribution in [3.8, 4) is 28.7 Å². The van der Waals surface area contributed by atoms with Crippen LogP contribution in [0.4, 0.5) is 0 Å². The summed E-state index contributed by atoms with van der Waals surface area (Å²) in [5, 5.41) is 31.7. The highest BCUT2D eigenvalue weighted by molar-refractivity contribution is 9.10. The van der Waals surface area contributed by atoms with E-state index in [0.717, 1.165) is 26.7 Å². The summed E-state index contributed by atoms with van der Waals surface area (Å²) in [6, 6.07) is 27.3. The summed E-state index contributed by atoms with van der Waals surface area (Å²) in [6.45, 7) is 1.86. The average Bonchev–Trinajstić information content (AvgIpc) is 2.97. The highest BCUT2D eigenvalue weighted by Gasteiger charge is 2.23. The minimum atomic E-state index is -1.18. The van der Waals surface area contributed by atoms with Gasteiger partial charge in [0, 0.05) is 28.2 Å². The van der Waals surface area contributed by atoms with Gasteiger partial charge < -0.3 is 19.7 Å². The van der Waals surface area contributed by atoms with Crippen LogP contribution in [-0.4, -0.2) is 28.3 Å². The van der Waals surface area contributed by atoms with Crippen molar-refractivity contribution in [3.05, 3.63) is 117 Å². The van der Waals surface area contributed by atoms with Crippen molar-refractivity contribution in [1.29, 1.82) is 5.26 Å². The van der Waals surface area contributed by atoms with Gasteiger partial charge in [-0.2, -0.15) is 5.26 Å². The molecule has 4 rings (SSSR count). The first-order valence-corrected chi connectivity index (χ1v) is 14.0. The van der Waals surface area contributed by atoms with Crippen LogP contribution >= 0.6 is 27.5 Å². The summed E-state index contributed by atoms with van der Waals surface area (Å²) in [6.07, 6.45) is -1.12. The maximum absolute atomic E-state index is 11.6. The molecule has 4 aromatic carbocycles. The SMILES string of the molecule is CC(O)C(NCc1cc(Cl)c(OCc2cccc(-c3ccccc3)c2Br)cc1OCc1cccc(C#N)c1)C(=O)O. The summed E-state index contributed by atoms with van der Waals surface area (Å²) < 4.78 is 13.2. The first-order chi connectivity index (χ1) is 19.8. The van der Waals surface area contributed by atoms with Crippen molar-refractivity contribution in [2.75, 3.05) is 0 Å². The molecule has 9 heteroatoms. The van der Waals surface area contributed by atoms with E-state index in [2.05, 4.69) is 27.3 Å². The Morgan fingerprint density at radius 2 is 1.71 bits per heavy atom. The van der Waals surface area contributed by atoms with Gasteiger partial charge in [0.25, 0.3) is 0 Å². The number of nitriles is 1. The summed E-state index contributed by atoms with van der Waals surface area (Å²) in [5.41, 5.74) is 4.91. The van der Waals surface area contributed by atoms with Gasteiger partial charge in [0.2, 0.25) is 0 Å². The molecule has 210 valence electrons. The molecule has 0 spiro atoms. The minimum Gasteiger partial charge on any atom is -0.488 e. The van der Waals surface area contributed by atoms with Crippen molar-refractivity contribution in [3.63, 3.8) is 0 Å². The number of carboxylic acids is 1. The van der Waals surface area contributed by atoms with Crippen LogP contribution in [0.2, 0.25) is 5.02 Å². The normalized spacial score (nSPS) is 12.3. The first-order valence-electron chi connectivity index (χ1n) is 12.8. The lowest BCUT2D eigenvalue weighted by Crippen LogP contribution is -2.44. The molecule has 3 N–H and O–H groups in total. The van der Waals surface area contributed by atoms with E-state index in [-0.39, 0.29) is 19.8 Å². The topological polar surface area (TPSA) is 112 Å². The molecule has 7 nitrogen and oxygen atoms in total. The molecule has 0 radical (unpaired) electrons. The van der Waals surface area contributed by atoms with E-state index in [1.165, 1.54) is 6.92 Å². The van der Waals surface area contributed by atoms with E-state index in [1.54, 1.807) is 30.3 Å². The maximum Gasteiger partial charge on any atom is 0.323 e. The number of nitrogens with zero attached hydrogens (tertiary/aromatic N) is 1. The number of aliphatic hydroxyl groups is 1. The third kappa shape index (κ3) is 7.87. The highest BCUT2D eigenvalue weighted by atomic mass is 79.9. The lowest BCUT2D eigenvalue weighted by molar-refractivity contribution is -0.142. The first kappa shape index (κ1) is 30.1. The van der Waals surface area contributed by atoms with Gasteiger partial charge in [0.15, 0.2) is 0 Å². The zero-order valence-electron chi connectivity index (χ0n) is 22.2. The van der Waals surface area contributed by atoms with Gasteiger partial charge in [-0.05, 0) is 57.7 Å². The van der Waals surface area contributed by atoms with Gasteiger partial charge >= 0.3 is 5.97 Å². The number of rotatable bonds is 12. The number of carboxylic acid groups (broad SMARTS) is 1. The van der Waals surface area contributed by atoms with E-state index < -0.39 is 18.1 Å². The molecule has 4 aromatic rings. The van der Waals surface area contributed by atoms with Gasteiger partial charge in [-0.15, -0.1) is 0 Å². The van der Waals surface area contributed by atoms with E-state index in [4.69, 9.17) is 21.1 Å². The van der Waals surface area contributed by atoms with Crippen molar-refractivity contribution in [2.45, 2.75) is 38.8 Å². The molecule has 0 aliphatic rings. The molecule has 0 aromatic heterocycles. The van der Waals surface area contributed by atoms with Crippen LogP contribution in [0.1, 0.15) is 29.2 Å². The van der Waals surface area contributed by atoms with Crippen LogP contribution in [0.5, 0.6) is 11.5 Å². The zero-order chi connectivity index (χ0) is 29.4. The number of nitrogens with one attached hydrogen (secondary N) is 1. The molecule has 0 amide bonds. The molecule has 0 aliphatic carbocycles. The second-order valence-corrected chi connectivity index (χ2v) is 10.6. The maximum atomic E-state index is 11.6. The molecular formula is C32H28BrClN2O5. The third-order valence-corrected chi connectivity index (χ3v) is 7.60. The molecule has 0 bridgehead atoms. The second kappa shape index (κ2) is 14.2. The molecule has 0 heterocycles. The molecule has 41 heavy (non-hydrogen) atoms. The lowest BCUT2D eigenvalue weighted by Gasteiger charge is -2.20. The monoisotopic (exact) mass is 634 g/mol. The molecular weight excluding hydrogens is 608 g/mol. The number of benzene rings is 4. The van der Waals surface area contributed by atoms with Crippen LogP contribution in [0.25, 0.3) is 11.1 Å². The number of hydrogen-bond donors (Lipinski definition) is 3. The Balaban J connectivity index is 1.59. The number of aliphatic hydroxyl groups excluding tert-OH is 1. The third-order valence-electron chi connectivity index (χ3n) is 6.37. The summed E-state index contributed by atoms with van der Waals surface area (Å²) >= 11 is 10.3. The quantitative estimate of drug-likeness (QED) is 0.158. The Bertz CT molecular complexity index is 1560. The van der Waals surface area contributed by atoms with Gasteiger partial charge in [0.05, 0.1) is 22.8 Å². The predicted octanol–water partition coefficient (Wildman–Crippen LogP) is 6.72. The lowest BCUT2D eigenvalue weighted by atomic mass is 10.0. The van der Waals surface area contributed by atoms with Crippen LogP contribution < -0.4 is 14.8 Å². The number of hydrogen-bond acceptors (Lipinski definition) is 6. The molecule has 2 atom stereocenters. The van der Waals surface area contributed by atoms with Gasteiger partial charge in [-0.1, -0.05) is 72.3 Å². The highest BCUT2D eigenvalue weighted by Crippen LogP contribution is 2.36. The molecule has 0 fully saturated rings. The standard InChI is InChI=1S/C32H28BrClN2O5/c1-20(37)31(32(38)39)36-17-25-14-27(34)29(15-28(25)40-18-22-8-5-7-21(13-22)16-35)41-19-24-11-6-12-26(30(24)33)23-9-3-2-4-10-23/h2-15,20,31,36-37H,17-19H2,1H3,(H,38,39). The van der Waals surface area contributed by atoms with E-state index in [1.807, 2.05) is 54.6 Å². The van der Waals surface area contributed by atoms with Crippen molar-refractivity contribution >= 4 is 33.5 Å². The average molecular weight is 636 g/mol. The Morgan fingerprint density at radius 1 is 0.976 bits per heavy atom. The fourth-order valence-corrected chi connectivity index (χ4v) is 5.07. The summed E-state index contributed by atoms with van der Waals surface area (Å²) in [7, 11) is 0. The Hall–Kier alpha value is -3.87. The zero-order valence-corrected chi connectivity index (χ0v) is 24.5. The Labute approximate surface area is 252 Å². The fourth-order valence-electron chi connectivity index (χ4n) is 4.22. The molecule has 2 unspecified atom stereocenters. The molecule has 0 saturated carbocycles.